The molecule has 3 N–H and O–H groups in total. The number of nitrogens with two attached hydrogens (primary N) is 1. The number of nitriles is 1. The summed E-state index contributed by atoms with van der Waals surface area (Å²) in [4.78, 5) is 4.32. The zero-order valence-corrected chi connectivity index (χ0v) is 10.1. The van der Waals surface area contributed by atoms with Gasteiger partial charge in [-0.25, -0.2) is 4.98 Å². The Morgan fingerprint density at radius 3 is 2.61 bits per heavy atom. The van der Waals surface area contributed by atoms with Crippen molar-refractivity contribution < 1.29 is 0 Å². The van der Waals surface area contributed by atoms with Crippen molar-refractivity contribution in [2.45, 2.75) is 13.5 Å². The molecule has 0 saturated heterocycles. The lowest BCUT2D eigenvalue weighted by Crippen LogP contribution is -2.04. The zero-order chi connectivity index (χ0) is 13.0. The van der Waals surface area contributed by atoms with Crippen LogP contribution in [0.1, 0.15) is 16.8 Å². The second-order valence-electron chi connectivity index (χ2n) is 4.06. The number of aryl methyl sites for hydroxylation is 1. The highest BCUT2D eigenvalue weighted by atomic mass is 15.0. The number of pyridine rings is 1. The topological polar surface area (TPSA) is 74.7 Å². The molecule has 1 heterocycles. The molecule has 18 heavy (non-hydrogen) atoms. The van der Waals surface area contributed by atoms with E-state index in [2.05, 4.69) is 16.4 Å². The maximum atomic E-state index is 9.00. The molecule has 90 valence electrons. The summed E-state index contributed by atoms with van der Waals surface area (Å²) in [7, 11) is 0. The molecule has 4 nitrogen and oxygen atoms in total. The monoisotopic (exact) mass is 238 g/mol. The molecule has 0 aliphatic carbocycles. The van der Waals surface area contributed by atoms with E-state index < -0.39 is 0 Å². The van der Waals surface area contributed by atoms with Crippen LogP contribution in [-0.2, 0) is 6.54 Å². The van der Waals surface area contributed by atoms with Gasteiger partial charge < -0.3 is 11.1 Å². The van der Waals surface area contributed by atoms with Crippen LogP contribution in [0.4, 0.5) is 11.5 Å². The molecule has 1 aromatic carbocycles. The lowest BCUT2D eigenvalue weighted by molar-refractivity contribution is 1.08. The summed E-state index contributed by atoms with van der Waals surface area (Å²) in [6.07, 6.45) is 0. The van der Waals surface area contributed by atoms with Crippen molar-refractivity contribution in [2.75, 3.05) is 11.1 Å². The van der Waals surface area contributed by atoms with E-state index in [0.717, 1.165) is 16.9 Å². The predicted octanol–water partition coefficient (Wildman–Crippen LogP) is 2.46. The smallest absolute Gasteiger partial charge is 0.144 e. The van der Waals surface area contributed by atoms with Gasteiger partial charge in [-0.2, -0.15) is 5.26 Å². The first-order valence-electron chi connectivity index (χ1n) is 5.65. The molecule has 4 heteroatoms. The highest BCUT2D eigenvalue weighted by molar-refractivity contribution is 5.52. The Kier molecular flexibility index (Phi) is 3.44. The van der Waals surface area contributed by atoms with E-state index in [1.807, 2.05) is 37.3 Å². The van der Waals surface area contributed by atoms with Gasteiger partial charge in [-0.05, 0) is 36.8 Å². The quantitative estimate of drug-likeness (QED) is 0.805. The number of benzene rings is 1. The Balaban J connectivity index is 2.13. The number of nitrogens with zero attached hydrogens (tertiary/aromatic N) is 2. The third-order valence-corrected chi connectivity index (χ3v) is 2.59. The fourth-order valence-corrected chi connectivity index (χ4v) is 1.60. The Hall–Kier alpha value is -2.54. The summed E-state index contributed by atoms with van der Waals surface area (Å²) in [6.45, 7) is 2.51. The molecular weight excluding hydrogens is 224 g/mol. The Morgan fingerprint density at radius 1 is 1.22 bits per heavy atom. The minimum absolute atomic E-state index is 0.552. The SMILES string of the molecule is Cc1ccc(C#N)c(NCc2ccc(N)cc2)n1. The van der Waals surface area contributed by atoms with Crippen molar-refractivity contribution in [1.29, 1.82) is 5.26 Å². The number of nitrogen functional groups attached to an aromatic ring is 1. The summed E-state index contributed by atoms with van der Waals surface area (Å²) < 4.78 is 0. The number of hydrogen-bond donors (Lipinski definition) is 2. The molecule has 1 aromatic heterocycles. The molecule has 2 aromatic rings. The summed E-state index contributed by atoms with van der Waals surface area (Å²) >= 11 is 0. The number of hydrogen-bond acceptors (Lipinski definition) is 4. The number of anilines is 2. The first-order valence-corrected chi connectivity index (χ1v) is 5.65. The van der Waals surface area contributed by atoms with E-state index >= 15 is 0 Å². The Morgan fingerprint density at radius 2 is 1.94 bits per heavy atom. The van der Waals surface area contributed by atoms with Gasteiger partial charge in [-0.3, -0.25) is 0 Å². The second-order valence-corrected chi connectivity index (χ2v) is 4.06. The lowest BCUT2D eigenvalue weighted by atomic mass is 10.2. The molecule has 0 unspecified atom stereocenters. The van der Waals surface area contributed by atoms with Crippen molar-refractivity contribution in [1.82, 2.24) is 4.98 Å². The van der Waals surface area contributed by atoms with E-state index in [-0.39, 0.29) is 0 Å². The van der Waals surface area contributed by atoms with Crippen LogP contribution >= 0.6 is 0 Å². The first-order chi connectivity index (χ1) is 8.69. The molecule has 0 aliphatic heterocycles. The highest BCUT2D eigenvalue weighted by Crippen LogP contribution is 2.14. The van der Waals surface area contributed by atoms with Crippen LogP contribution in [0.15, 0.2) is 36.4 Å². The molecular formula is C14H14N4. The zero-order valence-electron chi connectivity index (χ0n) is 10.1. The molecule has 0 saturated carbocycles. The van der Waals surface area contributed by atoms with Gasteiger partial charge in [0.05, 0.1) is 5.56 Å². The van der Waals surface area contributed by atoms with Crippen molar-refractivity contribution in [2.24, 2.45) is 0 Å². The van der Waals surface area contributed by atoms with Crippen LogP contribution in [0.25, 0.3) is 0 Å². The number of aromatic nitrogens is 1. The van der Waals surface area contributed by atoms with Crippen LogP contribution in [0, 0.1) is 18.3 Å². The van der Waals surface area contributed by atoms with Gasteiger partial charge in [0.25, 0.3) is 0 Å². The van der Waals surface area contributed by atoms with Gasteiger partial charge in [0.1, 0.15) is 11.9 Å². The van der Waals surface area contributed by atoms with Crippen LogP contribution in [0.5, 0.6) is 0 Å². The van der Waals surface area contributed by atoms with Crippen molar-refractivity contribution in [3.63, 3.8) is 0 Å². The van der Waals surface area contributed by atoms with Gasteiger partial charge in [-0.1, -0.05) is 12.1 Å². The van der Waals surface area contributed by atoms with Crippen LogP contribution in [0.3, 0.4) is 0 Å². The minimum Gasteiger partial charge on any atom is -0.399 e. The second kappa shape index (κ2) is 5.19. The standard InChI is InChI=1S/C14H14N4/c1-10-2-5-12(8-15)14(18-10)17-9-11-3-6-13(16)7-4-11/h2-7H,9,16H2,1H3,(H,17,18). The van der Waals surface area contributed by atoms with E-state index in [1.54, 1.807) is 6.07 Å². The lowest BCUT2D eigenvalue weighted by Gasteiger charge is -2.08. The Labute approximate surface area is 106 Å². The maximum Gasteiger partial charge on any atom is 0.144 e. The van der Waals surface area contributed by atoms with E-state index in [0.29, 0.717) is 17.9 Å². The average molecular weight is 238 g/mol. The summed E-state index contributed by atoms with van der Waals surface area (Å²) in [6, 6.07) is 13.3. The number of rotatable bonds is 3. The predicted molar refractivity (Wildman–Crippen MR) is 71.9 cm³/mol. The van der Waals surface area contributed by atoms with E-state index in [4.69, 9.17) is 11.0 Å². The van der Waals surface area contributed by atoms with Crippen molar-refractivity contribution in [3.8, 4) is 6.07 Å². The van der Waals surface area contributed by atoms with Crippen LogP contribution in [0.2, 0.25) is 0 Å². The molecule has 0 bridgehead atoms. The summed E-state index contributed by atoms with van der Waals surface area (Å²) in [5.41, 5.74) is 8.89. The minimum atomic E-state index is 0.552. The molecule has 0 fully saturated rings. The fraction of sp³-hybridized carbons (Fsp3) is 0.143. The molecule has 0 aliphatic rings. The van der Waals surface area contributed by atoms with Gasteiger partial charge in [0.2, 0.25) is 0 Å². The highest BCUT2D eigenvalue weighted by Gasteiger charge is 2.03. The first kappa shape index (κ1) is 11.9. The van der Waals surface area contributed by atoms with Crippen LogP contribution in [-0.4, -0.2) is 4.98 Å². The van der Waals surface area contributed by atoms with Gasteiger partial charge in [-0.15, -0.1) is 0 Å². The maximum absolute atomic E-state index is 9.00. The van der Waals surface area contributed by atoms with Crippen LogP contribution < -0.4 is 11.1 Å². The molecule has 2 rings (SSSR count). The molecule has 0 amide bonds. The summed E-state index contributed by atoms with van der Waals surface area (Å²) in [5, 5.41) is 12.2. The van der Waals surface area contributed by atoms with Gasteiger partial charge in [0.15, 0.2) is 0 Å². The van der Waals surface area contributed by atoms with Crippen molar-refractivity contribution >= 4 is 11.5 Å². The largest absolute Gasteiger partial charge is 0.399 e. The molecule has 0 radical (unpaired) electrons. The van der Waals surface area contributed by atoms with Gasteiger partial charge in [0, 0.05) is 17.9 Å². The third kappa shape index (κ3) is 2.77. The van der Waals surface area contributed by atoms with Crippen molar-refractivity contribution in [3.05, 3.63) is 53.2 Å². The Bertz CT molecular complexity index is 582. The van der Waals surface area contributed by atoms with Gasteiger partial charge >= 0.3 is 0 Å². The fourth-order valence-electron chi connectivity index (χ4n) is 1.60. The average Bonchev–Trinajstić information content (AvgIpc) is 2.38. The molecule has 0 atom stereocenters. The van der Waals surface area contributed by atoms with E-state index in [9.17, 15) is 0 Å². The third-order valence-electron chi connectivity index (χ3n) is 2.59. The molecule has 0 spiro atoms. The summed E-state index contributed by atoms with van der Waals surface area (Å²) in [5.74, 6) is 0.620. The normalized spacial score (nSPS) is 9.78. The van der Waals surface area contributed by atoms with E-state index in [1.165, 1.54) is 0 Å². The number of nitrogens with one attached hydrogen (secondary N) is 1.